The van der Waals surface area contributed by atoms with Crippen molar-refractivity contribution >= 4 is 17.4 Å². The highest BCUT2D eigenvalue weighted by Crippen LogP contribution is 2.42. The molecule has 1 aliphatic heterocycles. The first kappa shape index (κ1) is 19.7. The summed E-state index contributed by atoms with van der Waals surface area (Å²) in [6.07, 6.45) is -2.69. The Balaban J connectivity index is 1.61. The van der Waals surface area contributed by atoms with Crippen LogP contribution in [0.25, 0.3) is 0 Å². The molecule has 2 fully saturated rings. The molecule has 27 heavy (non-hydrogen) atoms. The average molecular weight is 382 g/mol. The molecule has 2 unspecified atom stereocenters. The predicted octanol–water partition coefficient (Wildman–Crippen LogP) is 3.91. The molecule has 1 aromatic rings. The number of piperazine rings is 1. The van der Waals surface area contributed by atoms with Crippen molar-refractivity contribution in [3.8, 4) is 0 Å². The van der Waals surface area contributed by atoms with Gasteiger partial charge in [0.2, 0.25) is 5.91 Å². The molecule has 1 aromatic carbocycles. The summed E-state index contributed by atoms with van der Waals surface area (Å²) < 4.78 is 39.9. The standard InChI is InChI=1S/C20H25F3N2O2/c1-14(26)15-6-8-16(9-7-15)24-10-12-25(13-11-24)19(27)17-4-2-3-5-18(17)20(21,22)23/h6-9,17-18H,2-5,10-13H2,1H3. The second-order valence-corrected chi connectivity index (χ2v) is 7.45. The largest absolute Gasteiger partial charge is 0.392 e. The minimum atomic E-state index is -4.30. The molecule has 0 bridgehead atoms. The Morgan fingerprint density at radius 1 is 0.963 bits per heavy atom. The number of carbonyl (C=O) groups excluding carboxylic acids is 2. The normalized spacial score (nSPS) is 24.0. The fraction of sp³-hybridized carbons (Fsp3) is 0.600. The molecule has 0 aromatic heterocycles. The zero-order valence-corrected chi connectivity index (χ0v) is 15.5. The summed E-state index contributed by atoms with van der Waals surface area (Å²) >= 11 is 0. The van der Waals surface area contributed by atoms with E-state index >= 15 is 0 Å². The third-order valence-corrected chi connectivity index (χ3v) is 5.73. The molecule has 1 aliphatic carbocycles. The van der Waals surface area contributed by atoms with Gasteiger partial charge in [-0.15, -0.1) is 0 Å². The van der Waals surface area contributed by atoms with Crippen molar-refractivity contribution in [2.45, 2.75) is 38.8 Å². The number of carbonyl (C=O) groups is 2. The maximum atomic E-state index is 13.3. The van der Waals surface area contributed by atoms with E-state index in [2.05, 4.69) is 4.90 Å². The number of Topliss-reactive ketones (excluding diaryl/α,β-unsaturated/α-hetero) is 1. The maximum Gasteiger partial charge on any atom is 0.392 e. The van der Waals surface area contributed by atoms with Gasteiger partial charge in [-0.05, 0) is 44.0 Å². The summed E-state index contributed by atoms with van der Waals surface area (Å²) in [4.78, 5) is 27.8. The number of anilines is 1. The Bertz CT molecular complexity index is 679. The molecular weight excluding hydrogens is 357 g/mol. The highest BCUT2D eigenvalue weighted by atomic mass is 19.4. The van der Waals surface area contributed by atoms with Crippen molar-refractivity contribution in [3.05, 3.63) is 29.8 Å². The number of benzene rings is 1. The Morgan fingerprint density at radius 2 is 1.56 bits per heavy atom. The van der Waals surface area contributed by atoms with E-state index in [-0.39, 0.29) is 18.1 Å². The second kappa shape index (κ2) is 7.90. The number of alkyl halides is 3. The van der Waals surface area contributed by atoms with Crippen molar-refractivity contribution in [2.75, 3.05) is 31.1 Å². The summed E-state index contributed by atoms with van der Waals surface area (Å²) in [5.41, 5.74) is 1.60. The van der Waals surface area contributed by atoms with E-state index in [4.69, 9.17) is 0 Å². The molecule has 0 spiro atoms. The Morgan fingerprint density at radius 3 is 2.11 bits per heavy atom. The van der Waals surface area contributed by atoms with Crippen LogP contribution in [0.15, 0.2) is 24.3 Å². The first-order chi connectivity index (χ1) is 12.8. The van der Waals surface area contributed by atoms with Crippen LogP contribution < -0.4 is 4.90 Å². The van der Waals surface area contributed by atoms with Gasteiger partial charge >= 0.3 is 6.18 Å². The van der Waals surface area contributed by atoms with E-state index in [9.17, 15) is 22.8 Å². The van der Waals surface area contributed by atoms with Crippen LogP contribution in [0.2, 0.25) is 0 Å². The van der Waals surface area contributed by atoms with Gasteiger partial charge in [0.05, 0.1) is 5.92 Å². The summed E-state index contributed by atoms with van der Waals surface area (Å²) in [6, 6.07) is 7.28. The van der Waals surface area contributed by atoms with Crippen LogP contribution in [0.4, 0.5) is 18.9 Å². The van der Waals surface area contributed by atoms with Gasteiger partial charge in [0.25, 0.3) is 0 Å². The number of nitrogens with zero attached hydrogens (tertiary/aromatic N) is 2. The number of hydrogen-bond donors (Lipinski definition) is 0. The molecule has 0 radical (unpaired) electrons. The maximum absolute atomic E-state index is 13.3. The molecule has 148 valence electrons. The van der Waals surface area contributed by atoms with E-state index in [1.165, 1.54) is 6.92 Å². The molecule has 2 aliphatic rings. The van der Waals surface area contributed by atoms with Gasteiger partial charge in [-0.25, -0.2) is 0 Å². The van der Waals surface area contributed by atoms with Crippen LogP contribution in [0.3, 0.4) is 0 Å². The summed E-state index contributed by atoms with van der Waals surface area (Å²) in [5, 5.41) is 0. The number of rotatable bonds is 3. The Labute approximate surface area is 157 Å². The molecule has 4 nitrogen and oxygen atoms in total. The number of ketones is 1. The fourth-order valence-electron chi connectivity index (χ4n) is 4.14. The van der Waals surface area contributed by atoms with Crippen molar-refractivity contribution in [2.24, 2.45) is 11.8 Å². The van der Waals surface area contributed by atoms with Crippen molar-refractivity contribution in [1.82, 2.24) is 4.90 Å². The minimum Gasteiger partial charge on any atom is -0.368 e. The predicted molar refractivity (Wildman–Crippen MR) is 96.7 cm³/mol. The zero-order chi connectivity index (χ0) is 19.6. The van der Waals surface area contributed by atoms with Gasteiger partial charge in [-0.1, -0.05) is 12.8 Å². The van der Waals surface area contributed by atoms with Crippen LogP contribution >= 0.6 is 0 Å². The number of hydrogen-bond acceptors (Lipinski definition) is 3. The molecular formula is C20H25F3N2O2. The summed E-state index contributed by atoms with van der Waals surface area (Å²) in [7, 11) is 0. The van der Waals surface area contributed by atoms with Crippen molar-refractivity contribution in [1.29, 1.82) is 0 Å². The second-order valence-electron chi connectivity index (χ2n) is 7.45. The summed E-state index contributed by atoms with van der Waals surface area (Å²) in [6.45, 7) is 3.52. The Hall–Kier alpha value is -2.05. The Kier molecular flexibility index (Phi) is 5.77. The molecule has 1 amide bonds. The van der Waals surface area contributed by atoms with Crippen LogP contribution in [-0.2, 0) is 4.79 Å². The lowest BCUT2D eigenvalue weighted by atomic mass is 9.78. The van der Waals surface area contributed by atoms with Gasteiger partial charge in [-0.2, -0.15) is 13.2 Å². The number of halogens is 3. The van der Waals surface area contributed by atoms with Gasteiger partial charge in [0.15, 0.2) is 5.78 Å². The number of amides is 1. The monoisotopic (exact) mass is 382 g/mol. The van der Waals surface area contributed by atoms with E-state index in [0.717, 1.165) is 5.69 Å². The molecule has 1 saturated heterocycles. The smallest absolute Gasteiger partial charge is 0.368 e. The third-order valence-electron chi connectivity index (χ3n) is 5.73. The fourth-order valence-corrected chi connectivity index (χ4v) is 4.14. The highest BCUT2D eigenvalue weighted by Gasteiger charge is 2.49. The van der Waals surface area contributed by atoms with E-state index < -0.39 is 18.0 Å². The molecule has 2 atom stereocenters. The topological polar surface area (TPSA) is 40.6 Å². The first-order valence-electron chi connectivity index (χ1n) is 9.49. The quantitative estimate of drug-likeness (QED) is 0.745. The lowest BCUT2D eigenvalue weighted by Gasteiger charge is -2.40. The molecule has 0 N–H and O–H groups in total. The van der Waals surface area contributed by atoms with Gasteiger partial charge in [-0.3, -0.25) is 9.59 Å². The minimum absolute atomic E-state index is 0.00340. The zero-order valence-electron chi connectivity index (χ0n) is 15.5. The van der Waals surface area contributed by atoms with Gasteiger partial charge in [0.1, 0.15) is 0 Å². The van der Waals surface area contributed by atoms with Gasteiger partial charge < -0.3 is 9.80 Å². The first-order valence-corrected chi connectivity index (χ1v) is 9.49. The molecule has 7 heteroatoms. The summed E-state index contributed by atoms with van der Waals surface area (Å²) in [5.74, 6) is -2.77. The van der Waals surface area contributed by atoms with Crippen LogP contribution in [0.1, 0.15) is 43.0 Å². The average Bonchev–Trinajstić information content (AvgIpc) is 2.67. The SMILES string of the molecule is CC(=O)c1ccc(N2CCN(C(=O)C3CCCCC3C(F)(F)F)CC2)cc1. The van der Waals surface area contributed by atoms with E-state index in [1.54, 1.807) is 17.0 Å². The third kappa shape index (κ3) is 4.45. The molecule has 1 heterocycles. The lowest BCUT2D eigenvalue weighted by molar-refractivity contribution is -0.201. The lowest BCUT2D eigenvalue weighted by Crippen LogP contribution is -2.52. The van der Waals surface area contributed by atoms with E-state index in [0.29, 0.717) is 51.0 Å². The molecule has 1 saturated carbocycles. The van der Waals surface area contributed by atoms with Gasteiger partial charge in [0, 0.05) is 43.3 Å². The van der Waals surface area contributed by atoms with E-state index in [1.807, 2.05) is 12.1 Å². The molecule has 3 rings (SSSR count). The van der Waals surface area contributed by atoms with Crippen molar-refractivity contribution < 1.29 is 22.8 Å². The van der Waals surface area contributed by atoms with Crippen LogP contribution in [-0.4, -0.2) is 48.9 Å². The highest BCUT2D eigenvalue weighted by molar-refractivity contribution is 5.94. The van der Waals surface area contributed by atoms with Crippen molar-refractivity contribution in [3.63, 3.8) is 0 Å². The van der Waals surface area contributed by atoms with Crippen LogP contribution in [0.5, 0.6) is 0 Å². The van der Waals surface area contributed by atoms with Crippen LogP contribution in [0, 0.1) is 11.8 Å².